The molecule has 0 aliphatic heterocycles. The fraction of sp³-hybridized carbons (Fsp3) is 0.0541. The molecule has 3 rings (SSSR count). The Morgan fingerprint density at radius 2 is 1.17 bits per heavy atom. The Morgan fingerprint density at radius 3 is 1.69 bits per heavy atom. The van der Waals surface area contributed by atoms with Crippen LogP contribution in [0.1, 0.15) is 30.5 Å². The minimum Gasteiger partial charge on any atom is -0.423 e. The largest absolute Gasteiger partial charge is 0.423 e. The third kappa shape index (κ3) is 10.1. The van der Waals surface area contributed by atoms with Crippen LogP contribution in [0, 0.1) is 17.7 Å². The Kier molecular flexibility index (Phi) is 12.3. The van der Waals surface area contributed by atoms with Crippen LogP contribution in [-0.4, -0.2) is 29.8 Å². The molecule has 0 aliphatic rings. The zero-order valence-corrected chi connectivity index (χ0v) is 25.8. The molecule has 0 amide bonds. The fourth-order valence-electron chi connectivity index (χ4n) is 3.32. The SMILES string of the molecule is C=CC(=O)Oc1cc(C#Cc2ccc(OC(=O)C(=C)C)cc2)c(F)c(OC(=O)C=C)c1OC(=O)C=Cc1ccc(OC(=O)C(=C)C)cc1. The molecule has 0 fully saturated rings. The lowest BCUT2D eigenvalue weighted by molar-refractivity contribution is -0.132. The van der Waals surface area contributed by atoms with Crippen molar-refractivity contribution in [1.29, 1.82) is 0 Å². The molecule has 242 valence electrons. The summed E-state index contributed by atoms with van der Waals surface area (Å²) in [5.41, 5.74) is 0.855. The van der Waals surface area contributed by atoms with Crippen molar-refractivity contribution >= 4 is 35.9 Å². The topological polar surface area (TPSA) is 132 Å². The highest BCUT2D eigenvalue weighted by atomic mass is 19.1. The van der Waals surface area contributed by atoms with Gasteiger partial charge in [0, 0.05) is 41.0 Å². The van der Waals surface area contributed by atoms with Crippen molar-refractivity contribution in [2.75, 3.05) is 0 Å². The molecule has 3 aromatic carbocycles. The molecular formula is C37H27FO10. The molecule has 11 heteroatoms. The number of carbonyl (C=O) groups is 5. The van der Waals surface area contributed by atoms with E-state index in [0.29, 0.717) is 11.1 Å². The summed E-state index contributed by atoms with van der Waals surface area (Å²) in [5.74, 6) is -2.15. The molecule has 0 saturated heterocycles. The maximum Gasteiger partial charge on any atom is 0.338 e. The van der Waals surface area contributed by atoms with Crippen LogP contribution in [0.2, 0.25) is 0 Å². The normalized spacial score (nSPS) is 10.1. The average Bonchev–Trinajstić information content (AvgIpc) is 3.06. The predicted molar refractivity (Wildman–Crippen MR) is 172 cm³/mol. The minimum atomic E-state index is -1.23. The number of benzene rings is 3. The van der Waals surface area contributed by atoms with Gasteiger partial charge in [0.2, 0.25) is 11.5 Å². The number of esters is 5. The maximum atomic E-state index is 15.8. The van der Waals surface area contributed by atoms with E-state index >= 15 is 4.39 Å². The van der Waals surface area contributed by atoms with Gasteiger partial charge in [-0.05, 0) is 61.9 Å². The summed E-state index contributed by atoms with van der Waals surface area (Å²) in [7, 11) is 0. The van der Waals surface area contributed by atoms with Gasteiger partial charge in [0.25, 0.3) is 0 Å². The maximum absolute atomic E-state index is 15.8. The Hall–Kier alpha value is -6.80. The van der Waals surface area contributed by atoms with Gasteiger partial charge < -0.3 is 23.7 Å². The molecule has 0 unspecified atom stereocenters. The summed E-state index contributed by atoms with van der Waals surface area (Å²) < 4.78 is 41.6. The molecule has 0 atom stereocenters. The van der Waals surface area contributed by atoms with Crippen molar-refractivity contribution in [3.05, 3.63) is 133 Å². The lowest BCUT2D eigenvalue weighted by Crippen LogP contribution is -2.14. The van der Waals surface area contributed by atoms with Gasteiger partial charge >= 0.3 is 29.8 Å². The smallest absolute Gasteiger partial charge is 0.338 e. The van der Waals surface area contributed by atoms with Crippen LogP contribution >= 0.6 is 0 Å². The number of hydrogen-bond acceptors (Lipinski definition) is 10. The minimum absolute atomic E-state index is 0.204. The van der Waals surface area contributed by atoms with Crippen molar-refractivity contribution in [2.45, 2.75) is 13.8 Å². The van der Waals surface area contributed by atoms with Gasteiger partial charge in [-0.2, -0.15) is 0 Å². The molecular weight excluding hydrogens is 623 g/mol. The molecule has 10 nitrogen and oxygen atoms in total. The van der Waals surface area contributed by atoms with E-state index in [2.05, 4.69) is 38.2 Å². The van der Waals surface area contributed by atoms with Crippen molar-refractivity contribution in [3.63, 3.8) is 0 Å². The Bertz CT molecular complexity index is 1920. The molecule has 0 bridgehead atoms. The summed E-state index contributed by atoms with van der Waals surface area (Å²) in [6, 6.07) is 12.9. The van der Waals surface area contributed by atoms with Gasteiger partial charge in [-0.1, -0.05) is 50.3 Å². The highest BCUT2D eigenvalue weighted by Gasteiger charge is 2.26. The highest BCUT2D eigenvalue weighted by Crippen LogP contribution is 2.42. The second-order valence-corrected chi connectivity index (χ2v) is 9.58. The first-order valence-electron chi connectivity index (χ1n) is 13.7. The fourth-order valence-corrected chi connectivity index (χ4v) is 3.32. The van der Waals surface area contributed by atoms with Gasteiger partial charge in [0.05, 0.1) is 5.56 Å². The number of carbonyl (C=O) groups excluding carboxylic acids is 5. The predicted octanol–water partition coefficient (Wildman–Crippen LogP) is 5.99. The van der Waals surface area contributed by atoms with Crippen molar-refractivity contribution in [1.82, 2.24) is 0 Å². The average molecular weight is 651 g/mol. The molecule has 3 aromatic rings. The van der Waals surface area contributed by atoms with Crippen LogP contribution in [0.4, 0.5) is 4.39 Å². The number of ether oxygens (including phenoxy) is 5. The van der Waals surface area contributed by atoms with E-state index in [1.165, 1.54) is 68.5 Å². The zero-order chi connectivity index (χ0) is 35.4. The molecule has 0 spiro atoms. The monoisotopic (exact) mass is 650 g/mol. The third-order valence-corrected chi connectivity index (χ3v) is 5.70. The third-order valence-electron chi connectivity index (χ3n) is 5.70. The van der Waals surface area contributed by atoms with Crippen LogP contribution < -0.4 is 23.7 Å². The van der Waals surface area contributed by atoms with Crippen molar-refractivity contribution in [3.8, 4) is 40.6 Å². The second kappa shape index (κ2) is 16.5. The van der Waals surface area contributed by atoms with Gasteiger partial charge in [0.1, 0.15) is 11.5 Å². The summed E-state index contributed by atoms with van der Waals surface area (Å²) in [4.78, 5) is 60.6. The van der Waals surface area contributed by atoms with Crippen LogP contribution in [0.25, 0.3) is 6.08 Å². The van der Waals surface area contributed by atoms with Crippen molar-refractivity contribution < 1.29 is 52.0 Å². The van der Waals surface area contributed by atoms with E-state index < -0.39 is 58.5 Å². The van der Waals surface area contributed by atoms with E-state index in [-0.39, 0.29) is 22.6 Å². The molecule has 0 aromatic heterocycles. The molecule has 0 N–H and O–H groups in total. The molecule has 0 heterocycles. The summed E-state index contributed by atoms with van der Waals surface area (Å²) in [6.45, 7) is 16.6. The standard InChI is InChI=1S/C37H27FO10/c1-7-30(39)46-29-21-26(15-9-24-10-16-27(17-11-24)44-36(42)22(3)4)33(38)35(47-31(40)8-2)34(29)48-32(41)20-14-25-12-18-28(19-13-25)45-37(43)23(5)6/h7-8,10-14,16-21H,1-3,5H2,4,6H3. The Labute approximate surface area is 275 Å². The van der Waals surface area contributed by atoms with E-state index in [4.69, 9.17) is 23.7 Å². The van der Waals surface area contributed by atoms with Crippen LogP contribution in [0.3, 0.4) is 0 Å². The van der Waals surface area contributed by atoms with Crippen LogP contribution in [0.15, 0.2) is 110 Å². The first-order chi connectivity index (χ1) is 22.8. The first kappa shape index (κ1) is 35.7. The summed E-state index contributed by atoms with van der Waals surface area (Å²) in [6.07, 6.45) is 3.84. The van der Waals surface area contributed by atoms with E-state index in [1.54, 1.807) is 0 Å². The molecule has 0 aliphatic carbocycles. The molecule has 0 saturated carbocycles. The van der Waals surface area contributed by atoms with Gasteiger partial charge in [0.15, 0.2) is 11.6 Å². The lowest BCUT2D eigenvalue weighted by atomic mass is 10.1. The molecule has 48 heavy (non-hydrogen) atoms. The van der Waals surface area contributed by atoms with Crippen molar-refractivity contribution in [2.24, 2.45) is 0 Å². The van der Waals surface area contributed by atoms with Gasteiger partial charge in [-0.15, -0.1) is 0 Å². The number of hydrogen-bond donors (Lipinski definition) is 0. The lowest BCUT2D eigenvalue weighted by Gasteiger charge is -2.15. The highest BCUT2D eigenvalue weighted by molar-refractivity contribution is 5.92. The summed E-state index contributed by atoms with van der Waals surface area (Å²) >= 11 is 0. The Balaban J connectivity index is 1.97. The second-order valence-electron chi connectivity index (χ2n) is 9.58. The van der Waals surface area contributed by atoms with Crippen LogP contribution in [0.5, 0.6) is 28.7 Å². The van der Waals surface area contributed by atoms with Gasteiger partial charge in [-0.3, -0.25) is 0 Å². The van der Waals surface area contributed by atoms with E-state index in [1.807, 2.05) is 0 Å². The number of rotatable bonds is 11. The van der Waals surface area contributed by atoms with E-state index in [0.717, 1.165) is 24.3 Å². The first-order valence-corrected chi connectivity index (χ1v) is 13.7. The zero-order valence-electron chi connectivity index (χ0n) is 25.8. The van der Waals surface area contributed by atoms with Crippen LogP contribution in [-0.2, 0) is 24.0 Å². The Morgan fingerprint density at radius 1 is 0.667 bits per heavy atom. The number of halogens is 1. The quantitative estimate of drug-likeness (QED) is 0.106. The van der Waals surface area contributed by atoms with E-state index in [9.17, 15) is 24.0 Å². The molecule has 0 radical (unpaired) electrons. The van der Waals surface area contributed by atoms with Gasteiger partial charge in [-0.25, -0.2) is 28.4 Å². The summed E-state index contributed by atoms with van der Waals surface area (Å²) in [5, 5.41) is 0.